The molecule has 1 radical (unpaired) electrons. The van der Waals surface area contributed by atoms with Crippen molar-refractivity contribution in [1.29, 1.82) is 0 Å². The first kappa shape index (κ1) is 5.70. The monoisotopic (exact) mass is 107 g/mol. The lowest BCUT2D eigenvalue weighted by Crippen LogP contribution is -1.95. The van der Waals surface area contributed by atoms with Crippen LogP contribution in [-0.2, 0) is 0 Å². The molecule has 0 aliphatic carbocycles. The summed E-state index contributed by atoms with van der Waals surface area (Å²) in [6, 6.07) is 0. The highest BCUT2D eigenvalue weighted by atomic mass is 32.2. The maximum Gasteiger partial charge on any atom is 0.0524 e. The van der Waals surface area contributed by atoms with E-state index in [0.29, 0.717) is 0 Å². The van der Waals surface area contributed by atoms with Crippen LogP contribution in [0.15, 0.2) is 0 Å². The molecule has 0 saturated heterocycles. The SMILES string of the molecule is [CH2]C(C)(S)S. The molecule has 0 heterocycles. The molecule has 2 heteroatoms. The second-order valence-corrected chi connectivity index (χ2v) is 3.54. The van der Waals surface area contributed by atoms with Crippen molar-refractivity contribution in [3.63, 3.8) is 0 Å². The lowest BCUT2D eigenvalue weighted by Gasteiger charge is -2.02. The predicted molar refractivity (Wildman–Crippen MR) is 31.7 cm³/mol. The van der Waals surface area contributed by atoms with Crippen LogP contribution in [0, 0.1) is 6.92 Å². The van der Waals surface area contributed by atoms with Gasteiger partial charge in [-0.2, -0.15) is 25.3 Å². The molecule has 0 aromatic heterocycles. The molecule has 31 valence electrons. The predicted octanol–water partition coefficient (Wildman–Crippen LogP) is 1.40. The highest BCUT2D eigenvalue weighted by Gasteiger charge is 1.98. The Bertz CT molecular complexity index is 20.4. The van der Waals surface area contributed by atoms with Crippen LogP contribution in [0.5, 0.6) is 0 Å². The Labute approximate surface area is 43.8 Å². The zero-order valence-electron chi connectivity index (χ0n) is 3.10. The van der Waals surface area contributed by atoms with Crippen molar-refractivity contribution in [3.8, 4) is 0 Å². The van der Waals surface area contributed by atoms with Gasteiger partial charge < -0.3 is 0 Å². The fraction of sp³-hybridized carbons (Fsp3) is 0.667. The second-order valence-electron chi connectivity index (χ2n) is 1.22. The maximum absolute atomic E-state index is 3.88. The van der Waals surface area contributed by atoms with Crippen LogP contribution in [0.1, 0.15) is 6.92 Å². The largest absolute Gasteiger partial charge is 0.162 e. The van der Waals surface area contributed by atoms with Crippen LogP contribution in [-0.4, -0.2) is 4.08 Å². The summed E-state index contributed by atoms with van der Waals surface area (Å²) < 4.78 is -0.361. The number of rotatable bonds is 0. The molecular formula is C3H7S2. The highest BCUT2D eigenvalue weighted by molar-refractivity contribution is 8.00. The average Bonchev–Trinajstić information content (AvgIpc) is 0.722. The summed E-state index contributed by atoms with van der Waals surface area (Å²) in [5.41, 5.74) is 0. The molecule has 0 amide bonds. The van der Waals surface area contributed by atoms with E-state index in [1.165, 1.54) is 0 Å². The molecule has 0 rings (SSSR count). The summed E-state index contributed by atoms with van der Waals surface area (Å²) in [5, 5.41) is 0. The fourth-order valence-corrected chi connectivity index (χ4v) is 0. The minimum Gasteiger partial charge on any atom is -0.162 e. The van der Waals surface area contributed by atoms with E-state index in [-0.39, 0.29) is 4.08 Å². The Morgan fingerprint density at radius 3 is 1.60 bits per heavy atom. The van der Waals surface area contributed by atoms with Gasteiger partial charge in [-0.25, -0.2) is 0 Å². The van der Waals surface area contributed by atoms with Gasteiger partial charge in [0.2, 0.25) is 0 Å². The molecule has 0 saturated carbocycles. The van der Waals surface area contributed by atoms with E-state index in [9.17, 15) is 0 Å². The van der Waals surface area contributed by atoms with Crippen LogP contribution in [0.25, 0.3) is 0 Å². The van der Waals surface area contributed by atoms with Crippen LogP contribution in [0.2, 0.25) is 0 Å². The Morgan fingerprint density at radius 1 is 1.60 bits per heavy atom. The molecule has 0 aliphatic heterocycles. The first-order chi connectivity index (χ1) is 2.00. The van der Waals surface area contributed by atoms with Gasteiger partial charge in [-0.3, -0.25) is 0 Å². The summed E-state index contributed by atoms with van der Waals surface area (Å²) in [4.78, 5) is 0. The van der Waals surface area contributed by atoms with E-state index in [1.807, 2.05) is 0 Å². The summed E-state index contributed by atoms with van der Waals surface area (Å²) in [6.45, 7) is 5.30. The van der Waals surface area contributed by atoms with Gasteiger partial charge >= 0.3 is 0 Å². The molecular weight excluding hydrogens is 100 g/mol. The molecule has 0 aromatic carbocycles. The average molecular weight is 107 g/mol. The van der Waals surface area contributed by atoms with Gasteiger partial charge in [-0.1, -0.05) is 0 Å². The maximum atomic E-state index is 3.88. The zero-order valence-corrected chi connectivity index (χ0v) is 4.89. The van der Waals surface area contributed by atoms with E-state index in [2.05, 4.69) is 32.2 Å². The summed E-state index contributed by atoms with van der Waals surface area (Å²) >= 11 is 7.75. The molecule has 0 nitrogen and oxygen atoms in total. The molecule has 0 unspecified atom stereocenters. The summed E-state index contributed by atoms with van der Waals surface area (Å²) in [6.07, 6.45) is 0. The molecule has 0 spiro atoms. The van der Waals surface area contributed by atoms with E-state index in [4.69, 9.17) is 0 Å². The van der Waals surface area contributed by atoms with Crippen LogP contribution >= 0.6 is 25.3 Å². The molecule has 0 aromatic rings. The Morgan fingerprint density at radius 2 is 1.60 bits per heavy atom. The van der Waals surface area contributed by atoms with Crippen molar-refractivity contribution in [2.24, 2.45) is 0 Å². The van der Waals surface area contributed by atoms with Gasteiger partial charge in [0.25, 0.3) is 0 Å². The van der Waals surface area contributed by atoms with E-state index in [0.717, 1.165) is 0 Å². The fourth-order valence-electron chi connectivity index (χ4n) is 0. The number of hydrogen-bond donors (Lipinski definition) is 2. The highest BCUT2D eigenvalue weighted by Crippen LogP contribution is 2.13. The standard InChI is InChI=1S/C3H7S2/c1-3(2,4)5/h4-5H,1H2,2H3. The first-order valence-corrected chi connectivity index (χ1v) is 2.20. The first-order valence-electron chi connectivity index (χ1n) is 1.30. The summed E-state index contributed by atoms with van der Waals surface area (Å²) in [5.74, 6) is 0. The second kappa shape index (κ2) is 1.43. The third-order valence-corrected chi connectivity index (χ3v) is 0. The molecule has 0 fully saturated rings. The molecule has 0 bridgehead atoms. The Balaban J connectivity index is 3.02. The van der Waals surface area contributed by atoms with Crippen molar-refractivity contribution >= 4 is 25.3 Å². The summed E-state index contributed by atoms with van der Waals surface area (Å²) in [7, 11) is 0. The van der Waals surface area contributed by atoms with Gasteiger partial charge in [-0.05, 0) is 13.8 Å². The van der Waals surface area contributed by atoms with Gasteiger partial charge in [0.05, 0.1) is 4.08 Å². The van der Waals surface area contributed by atoms with Gasteiger partial charge in [0, 0.05) is 0 Å². The van der Waals surface area contributed by atoms with Gasteiger partial charge in [-0.15, -0.1) is 0 Å². The van der Waals surface area contributed by atoms with Crippen molar-refractivity contribution < 1.29 is 0 Å². The minimum atomic E-state index is -0.361. The van der Waals surface area contributed by atoms with Crippen LogP contribution in [0.3, 0.4) is 0 Å². The third-order valence-electron chi connectivity index (χ3n) is 0. The van der Waals surface area contributed by atoms with Crippen molar-refractivity contribution in [2.45, 2.75) is 11.0 Å². The Kier molecular flexibility index (Phi) is 1.63. The molecule has 5 heavy (non-hydrogen) atoms. The lowest BCUT2D eigenvalue weighted by atomic mass is 10.6. The lowest BCUT2D eigenvalue weighted by molar-refractivity contribution is 1.18. The van der Waals surface area contributed by atoms with E-state index in [1.54, 1.807) is 6.92 Å². The van der Waals surface area contributed by atoms with Crippen molar-refractivity contribution in [3.05, 3.63) is 6.92 Å². The number of thiol groups is 2. The normalized spacial score (nSPS) is 12.0. The zero-order chi connectivity index (χ0) is 4.50. The van der Waals surface area contributed by atoms with Gasteiger partial charge in [0.1, 0.15) is 0 Å². The van der Waals surface area contributed by atoms with Crippen LogP contribution in [0.4, 0.5) is 0 Å². The topological polar surface area (TPSA) is 0 Å². The van der Waals surface area contributed by atoms with E-state index < -0.39 is 0 Å². The quantitative estimate of drug-likeness (QED) is 0.339. The molecule has 0 atom stereocenters. The number of hydrogen-bond acceptors (Lipinski definition) is 2. The Hall–Kier alpha value is 0.700. The van der Waals surface area contributed by atoms with Crippen molar-refractivity contribution in [2.75, 3.05) is 0 Å². The molecule has 0 aliphatic rings. The third kappa shape index (κ3) is 69.9. The smallest absolute Gasteiger partial charge is 0.0524 e. The van der Waals surface area contributed by atoms with Crippen LogP contribution < -0.4 is 0 Å². The van der Waals surface area contributed by atoms with Crippen molar-refractivity contribution in [1.82, 2.24) is 0 Å². The van der Waals surface area contributed by atoms with Gasteiger partial charge in [0.15, 0.2) is 0 Å². The van der Waals surface area contributed by atoms with E-state index >= 15 is 0 Å². The molecule has 0 N–H and O–H groups in total. The minimum absolute atomic E-state index is 0.361.